The molecule has 0 radical (unpaired) electrons. The van der Waals surface area contributed by atoms with Crippen LogP contribution in [-0.4, -0.2) is 26.5 Å². The Morgan fingerprint density at radius 2 is 1.82 bits per heavy atom. The van der Waals surface area contributed by atoms with Crippen LogP contribution in [0.2, 0.25) is 0 Å². The summed E-state index contributed by atoms with van der Waals surface area (Å²) in [7, 11) is 3.35. The van der Waals surface area contributed by atoms with Gasteiger partial charge < -0.3 is 19.2 Å². The fraction of sp³-hybridized carbons (Fsp3) is 0.286. The van der Waals surface area contributed by atoms with Gasteiger partial charge in [0.15, 0.2) is 11.5 Å². The molecule has 1 atom stereocenters. The van der Waals surface area contributed by atoms with Gasteiger partial charge in [-0.2, -0.15) is 0 Å². The molecule has 1 aliphatic rings. The van der Waals surface area contributed by atoms with Gasteiger partial charge in [0.1, 0.15) is 11.3 Å². The molecule has 3 aromatic carbocycles. The Morgan fingerprint density at radius 1 is 0.970 bits per heavy atom. The van der Waals surface area contributed by atoms with E-state index in [1.54, 1.807) is 14.2 Å². The standard InChI is InChI=1S/C28H29NO3S/c1-30-26-9-8-19(15-28(26)31-2)14-25-24-17-21-16-22(11-13-33-23-6-4-3-5-7-23)32-27(21)18-20(24)10-12-29-25/h3-9,15-18,25,29H,10-14H2,1-2H3. The Bertz CT molecular complexity index is 1230. The lowest BCUT2D eigenvalue weighted by Crippen LogP contribution is -2.31. The molecule has 0 amide bonds. The van der Waals surface area contributed by atoms with Crippen molar-refractivity contribution in [3.05, 3.63) is 89.2 Å². The average Bonchev–Trinajstić information content (AvgIpc) is 3.25. The molecule has 5 heteroatoms. The van der Waals surface area contributed by atoms with Crippen molar-refractivity contribution in [1.82, 2.24) is 5.32 Å². The number of rotatable bonds is 8. The largest absolute Gasteiger partial charge is 0.493 e. The zero-order valence-corrected chi connectivity index (χ0v) is 19.9. The van der Waals surface area contributed by atoms with Gasteiger partial charge in [-0.3, -0.25) is 0 Å². The maximum absolute atomic E-state index is 6.22. The number of hydrogen-bond donors (Lipinski definition) is 1. The molecule has 1 aromatic heterocycles. The third-order valence-electron chi connectivity index (χ3n) is 6.24. The van der Waals surface area contributed by atoms with Crippen LogP contribution in [0.1, 0.15) is 28.5 Å². The van der Waals surface area contributed by atoms with Crippen LogP contribution in [0.3, 0.4) is 0 Å². The molecular formula is C28H29NO3S. The average molecular weight is 460 g/mol. The molecule has 33 heavy (non-hydrogen) atoms. The maximum Gasteiger partial charge on any atom is 0.160 e. The third kappa shape index (κ3) is 4.90. The number of hydrogen-bond acceptors (Lipinski definition) is 5. The van der Waals surface area contributed by atoms with Crippen LogP contribution in [0, 0.1) is 0 Å². The normalized spacial score (nSPS) is 15.4. The molecular weight excluding hydrogens is 430 g/mol. The smallest absolute Gasteiger partial charge is 0.160 e. The molecule has 1 aliphatic heterocycles. The first-order valence-electron chi connectivity index (χ1n) is 11.4. The molecule has 5 rings (SSSR count). The van der Waals surface area contributed by atoms with Crippen molar-refractivity contribution in [2.45, 2.75) is 30.2 Å². The van der Waals surface area contributed by atoms with Crippen molar-refractivity contribution >= 4 is 22.7 Å². The summed E-state index contributed by atoms with van der Waals surface area (Å²) in [5.74, 6) is 3.60. The summed E-state index contributed by atoms with van der Waals surface area (Å²) in [6, 6.07) is 23.8. The SMILES string of the molecule is COc1ccc(CC2NCCc3cc4oc(CCSc5ccccc5)cc4cc32)cc1OC. The van der Waals surface area contributed by atoms with E-state index in [9.17, 15) is 0 Å². The van der Waals surface area contributed by atoms with E-state index in [1.165, 1.54) is 27.0 Å². The number of benzene rings is 3. The van der Waals surface area contributed by atoms with E-state index in [-0.39, 0.29) is 6.04 Å². The highest BCUT2D eigenvalue weighted by Crippen LogP contribution is 2.34. The van der Waals surface area contributed by atoms with Crippen LogP contribution >= 0.6 is 11.8 Å². The van der Waals surface area contributed by atoms with E-state index in [4.69, 9.17) is 13.9 Å². The zero-order chi connectivity index (χ0) is 22.6. The molecule has 0 fully saturated rings. The fourth-order valence-corrected chi connectivity index (χ4v) is 5.46. The number of thioether (sulfide) groups is 1. The number of aryl methyl sites for hydroxylation is 1. The van der Waals surface area contributed by atoms with Gasteiger partial charge in [-0.15, -0.1) is 11.8 Å². The lowest BCUT2D eigenvalue weighted by atomic mass is 9.89. The summed E-state index contributed by atoms with van der Waals surface area (Å²) in [5, 5.41) is 4.90. The summed E-state index contributed by atoms with van der Waals surface area (Å²) in [6.45, 7) is 0.970. The molecule has 0 bridgehead atoms. The van der Waals surface area contributed by atoms with Gasteiger partial charge in [-0.05, 0) is 78.5 Å². The Morgan fingerprint density at radius 3 is 2.64 bits per heavy atom. The van der Waals surface area contributed by atoms with E-state index >= 15 is 0 Å². The summed E-state index contributed by atoms with van der Waals surface area (Å²) >= 11 is 1.87. The number of nitrogens with one attached hydrogen (secondary N) is 1. The molecule has 0 saturated heterocycles. The van der Waals surface area contributed by atoms with E-state index < -0.39 is 0 Å². The Kier molecular flexibility index (Phi) is 6.60. The van der Waals surface area contributed by atoms with Crippen molar-refractivity contribution in [2.24, 2.45) is 0 Å². The van der Waals surface area contributed by atoms with Gasteiger partial charge >= 0.3 is 0 Å². The van der Waals surface area contributed by atoms with Crippen LogP contribution in [0.25, 0.3) is 11.0 Å². The summed E-state index contributed by atoms with van der Waals surface area (Å²) in [4.78, 5) is 1.30. The number of furan rings is 1. The number of fused-ring (bicyclic) bond motifs is 2. The van der Waals surface area contributed by atoms with E-state index in [1.807, 2.05) is 17.8 Å². The molecule has 2 heterocycles. The van der Waals surface area contributed by atoms with Crippen LogP contribution in [-0.2, 0) is 19.3 Å². The van der Waals surface area contributed by atoms with Crippen molar-refractivity contribution in [2.75, 3.05) is 26.5 Å². The zero-order valence-electron chi connectivity index (χ0n) is 19.1. The lowest BCUT2D eigenvalue weighted by molar-refractivity contribution is 0.354. The summed E-state index contributed by atoms with van der Waals surface area (Å²) in [6.07, 6.45) is 2.84. The van der Waals surface area contributed by atoms with E-state index in [0.717, 1.165) is 54.4 Å². The van der Waals surface area contributed by atoms with E-state index in [2.05, 4.69) is 66.0 Å². The van der Waals surface area contributed by atoms with Gasteiger partial charge in [0.25, 0.3) is 0 Å². The highest BCUT2D eigenvalue weighted by Gasteiger charge is 2.22. The first-order chi connectivity index (χ1) is 16.2. The van der Waals surface area contributed by atoms with Crippen molar-refractivity contribution in [3.8, 4) is 11.5 Å². The van der Waals surface area contributed by atoms with Crippen LogP contribution in [0.15, 0.2) is 76.0 Å². The van der Waals surface area contributed by atoms with Gasteiger partial charge in [0.2, 0.25) is 0 Å². The maximum atomic E-state index is 6.22. The Hall–Kier alpha value is -2.89. The third-order valence-corrected chi connectivity index (χ3v) is 7.25. The minimum absolute atomic E-state index is 0.267. The first-order valence-corrected chi connectivity index (χ1v) is 12.4. The minimum atomic E-state index is 0.267. The van der Waals surface area contributed by atoms with Gasteiger partial charge in [0, 0.05) is 28.5 Å². The predicted molar refractivity (Wildman–Crippen MR) is 135 cm³/mol. The molecule has 0 saturated carbocycles. The van der Waals surface area contributed by atoms with Crippen molar-refractivity contribution in [1.29, 1.82) is 0 Å². The van der Waals surface area contributed by atoms with Gasteiger partial charge in [-0.1, -0.05) is 24.3 Å². The van der Waals surface area contributed by atoms with Crippen molar-refractivity contribution in [3.63, 3.8) is 0 Å². The molecule has 0 aliphatic carbocycles. The van der Waals surface area contributed by atoms with E-state index in [0.29, 0.717) is 0 Å². The first kappa shape index (κ1) is 21.9. The Balaban J connectivity index is 1.33. The van der Waals surface area contributed by atoms with Crippen LogP contribution in [0.4, 0.5) is 0 Å². The highest BCUT2D eigenvalue weighted by molar-refractivity contribution is 7.99. The fourth-order valence-electron chi connectivity index (χ4n) is 4.57. The van der Waals surface area contributed by atoms with Gasteiger partial charge in [-0.25, -0.2) is 0 Å². The summed E-state index contributed by atoms with van der Waals surface area (Å²) < 4.78 is 17.1. The molecule has 0 spiro atoms. The van der Waals surface area contributed by atoms with Crippen LogP contribution < -0.4 is 14.8 Å². The Labute approximate surface area is 199 Å². The second-order valence-electron chi connectivity index (χ2n) is 8.36. The molecule has 4 aromatic rings. The second kappa shape index (κ2) is 9.94. The lowest BCUT2D eigenvalue weighted by Gasteiger charge is -2.27. The molecule has 1 unspecified atom stereocenters. The number of methoxy groups -OCH3 is 2. The van der Waals surface area contributed by atoms with Gasteiger partial charge in [0.05, 0.1) is 14.2 Å². The highest BCUT2D eigenvalue weighted by atomic mass is 32.2. The second-order valence-corrected chi connectivity index (χ2v) is 9.53. The molecule has 1 N–H and O–H groups in total. The molecule has 4 nitrogen and oxygen atoms in total. The predicted octanol–water partition coefficient (Wildman–Crippen LogP) is 6.21. The summed E-state index contributed by atoms with van der Waals surface area (Å²) in [5.41, 5.74) is 4.98. The quantitative estimate of drug-likeness (QED) is 0.317. The topological polar surface area (TPSA) is 43.6 Å². The van der Waals surface area contributed by atoms with Crippen molar-refractivity contribution < 1.29 is 13.9 Å². The monoisotopic (exact) mass is 459 g/mol. The molecule has 170 valence electrons. The minimum Gasteiger partial charge on any atom is -0.493 e. The van der Waals surface area contributed by atoms with Crippen LogP contribution in [0.5, 0.6) is 11.5 Å². The number of ether oxygens (including phenoxy) is 2.